The number of halogens is 1. The Kier molecular flexibility index (Phi) is 5.25. The molecule has 0 aliphatic heterocycles. The van der Waals surface area contributed by atoms with Crippen LogP contribution >= 0.6 is 11.6 Å². The highest BCUT2D eigenvalue weighted by molar-refractivity contribution is 7.89. The van der Waals surface area contributed by atoms with Crippen LogP contribution in [0.25, 0.3) is 0 Å². The highest BCUT2D eigenvalue weighted by Gasteiger charge is 2.01. The van der Waals surface area contributed by atoms with E-state index in [9.17, 15) is 8.42 Å². The van der Waals surface area contributed by atoms with E-state index in [1.165, 1.54) is 5.56 Å². The fourth-order valence-corrected chi connectivity index (χ4v) is 2.19. The predicted molar refractivity (Wildman–Crippen MR) is 67.0 cm³/mol. The van der Waals surface area contributed by atoms with Gasteiger partial charge in [-0.1, -0.05) is 30.2 Å². The number of primary sulfonamides is 1. The zero-order valence-electron chi connectivity index (χ0n) is 9.02. The molecule has 0 radical (unpaired) electrons. The topological polar surface area (TPSA) is 60.2 Å². The molecule has 3 nitrogen and oxygen atoms in total. The van der Waals surface area contributed by atoms with Crippen LogP contribution in [0.15, 0.2) is 24.3 Å². The Morgan fingerprint density at radius 3 is 2.25 bits per heavy atom. The average molecular weight is 262 g/mol. The molecule has 0 unspecified atom stereocenters. The molecule has 0 aliphatic rings. The van der Waals surface area contributed by atoms with E-state index in [0.29, 0.717) is 6.42 Å². The highest BCUT2D eigenvalue weighted by atomic mass is 35.5. The number of hydrogen-bond acceptors (Lipinski definition) is 2. The maximum atomic E-state index is 10.7. The second kappa shape index (κ2) is 6.23. The largest absolute Gasteiger partial charge is 0.229 e. The summed E-state index contributed by atoms with van der Waals surface area (Å²) >= 11 is 5.77. The highest BCUT2D eigenvalue weighted by Crippen LogP contribution is 2.12. The first-order chi connectivity index (χ1) is 7.47. The van der Waals surface area contributed by atoms with Gasteiger partial charge in [-0.2, -0.15) is 0 Å². The first-order valence-corrected chi connectivity index (χ1v) is 7.31. The molecular weight excluding hydrogens is 246 g/mol. The van der Waals surface area contributed by atoms with E-state index < -0.39 is 10.0 Å². The van der Waals surface area contributed by atoms with Crippen molar-refractivity contribution in [3.63, 3.8) is 0 Å². The number of rotatable bonds is 6. The summed E-state index contributed by atoms with van der Waals surface area (Å²) in [5.41, 5.74) is 1.22. The lowest BCUT2D eigenvalue weighted by molar-refractivity contribution is 0.591. The Morgan fingerprint density at radius 1 is 1.06 bits per heavy atom. The Labute approximate surface area is 102 Å². The number of nitrogens with two attached hydrogens (primary N) is 1. The fraction of sp³-hybridized carbons (Fsp3) is 0.455. The quantitative estimate of drug-likeness (QED) is 0.799. The molecular formula is C11H16ClNO2S. The molecule has 0 amide bonds. The molecule has 0 fully saturated rings. The van der Waals surface area contributed by atoms with Crippen molar-refractivity contribution in [2.75, 3.05) is 5.75 Å². The minimum atomic E-state index is -3.29. The van der Waals surface area contributed by atoms with E-state index in [-0.39, 0.29) is 5.75 Å². The summed E-state index contributed by atoms with van der Waals surface area (Å²) in [6, 6.07) is 7.70. The van der Waals surface area contributed by atoms with Crippen LogP contribution in [-0.2, 0) is 16.4 Å². The van der Waals surface area contributed by atoms with E-state index in [1.807, 2.05) is 24.3 Å². The van der Waals surface area contributed by atoms with Crippen LogP contribution in [0.2, 0.25) is 5.02 Å². The second-order valence-electron chi connectivity index (χ2n) is 3.80. The fourth-order valence-electron chi connectivity index (χ4n) is 1.46. The van der Waals surface area contributed by atoms with Crippen molar-refractivity contribution in [2.24, 2.45) is 5.14 Å². The third-order valence-corrected chi connectivity index (χ3v) is 3.42. The zero-order chi connectivity index (χ0) is 12.0. The minimum Gasteiger partial charge on any atom is -0.229 e. The SMILES string of the molecule is NS(=O)(=O)CCCCCc1ccc(Cl)cc1. The molecule has 0 saturated heterocycles. The third-order valence-electron chi connectivity index (χ3n) is 2.31. The summed E-state index contributed by atoms with van der Waals surface area (Å²) < 4.78 is 21.3. The van der Waals surface area contributed by atoms with Crippen LogP contribution < -0.4 is 5.14 Å². The van der Waals surface area contributed by atoms with Crippen molar-refractivity contribution in [3.05, 3.63) is 34.9 Å². The molecule has 1 aromatic carbocycles. The molecule has 5 heteroatoms. The van der Waals surface area contributed by atoms with Gasteiger partial charge in [0.1, 0.15) is 0 Å². The molecule has 0 spiro atoms. The molecule has 2 N–H and O–H groups in total. The molecule has 16 heavy (non-hydrogen) atoms. The number of benzene rings is 1. The average Bonchev–Trinajstić information content (AvgIpc) is 2.19. The van der Waals surface area contributed by atoms with Gasteiger partial charge in [0.2, 0.25) is 10.0 Å². The van der Waals surface area contributed by atoms with E-state index in [2.05, 4.69) is 0 Å². The number of aryl methyl sites for hydroxylation is 1. The molecule has 0 saturated carbocycles. The van der Waals surface area contributed by atoms with Crippen molar-refractivity contribution in [3.8, 4) is 0 Å². The monoisotopic (exact) mass is 261 g/mol. The lowest BCUT2D eigenvalue weighted by Crippen LogP contribution is -2.16. The summed E-state index contributed by atoms with van der Waals surface area (Å²) in [6.45, 7) is 0. The Morgan fingerprint density at radius 2 is 1.69 bits per heavy atom. The van der Waals surface area contributed by atoms with Gasteiger partial charge in [0, 0.05) is 5.02 Å². The van der Waals surface area contributed by atoms with Gasteiger partial charge in [-0.15, -0.1) is 0 Å². The summed E-state index contributed by atoms with van der Waals surface area (Å²) in [5, 5.41) is 5.64. The Hall–Kier alpha value is -0.580. The van der Waals surface area contributed by atoms with Crippen LogP contribution in [0.1, 0.15) is 24.8 Å². The van der Waals surface area contributed by atoms with Crippen LogP contribution in [-0.4, -0.2) is 14.2 Å². The normalized spacial score (nSPS) is 11.6. The van der Waals surface area contributed by atoms with Crippen LogP contribution in [0.3, 0.4) is 0 Å². The van der Waals surface area contributed by atoms with Gasteiger partial charge in [-0.3, -0.25) is 0 Å². The van der Waals surface area contributed by atoms with Gasteiger partial charge >= 0.3 is 0 Å². The van der Waals surface area contributed by atoms with Gasteiger partial charge in [0.25, 0.3) is 0 Å². The van der Waals surface area contributed by atoms with Crippen molar-refractivity contribution in [1.82, 2.24) is 0 Å². The van der Waals surface area contributed by atoms with Gasteiger partial charge in [-0.25, -0.2) is 13.6 Å². The minimum absolute atomic E-state index is 0.0770. The van der Waals surface area contributed by atoms with E-state index in [4.69, 9.17) is 16.7 Å². The standard InChI is InChI=1S/C11H16ClNO2S/c12-11-7-5-10(6-8-11)4-2-1-3-9-16(13,14)15/h5-8H,1-4,9H2,(H2,13,14,15). The first-order valence-electron chi connectivity index (χ1n) is 5.22. The Balaban J connectivity index is 2.19. The molecule has 1 aromatic rings. The van der Waals surface area contributed by atoms with Crippen LogP contribution in [0, 0.1) is 0 Å². The molecule has 0 aromatic heterocycles. The van der Waals surface area contributed by atoms with Gasteiger partial charge in [0.15, 0.2) is 0 Å². The molecule has 0 aliphatic carbocycles. The maximum Gasteiger partial charge on any atom is 0.209 e. The summed E-state index contributed by atoms with van der Waals surface area (Å²) in [4.78, 5) is 0. The molecule has 1 rings (SSSR count). The van der Waals surface area contributed by atoms with E-state index >= 15 is 0 Å². The summed E-state index contributed by atoms with van der Waals surface area (Å²) in [5.74, 6) is 0.0770. The van der Waals surface area contributed by atoms with E-state index in [0.717, 1.165) is 24.3 Å². The maximum absolute atomic E-state index is 10.7. The number of hydrogen-bond donors (Lipinski definition) is 1. The molecule has 0 atom stereocenters. The molecule has 0 bridgehead atoms. The lowest BCUT2D eigenvalue weighted by Gasteiger charge is -2.01. The predicted octanol–water partition coefficient (Wildman–Crippen LogP) is 2.34. The summed E-state index contributed by atoms with van der Waals surface area (Å²) in [6.07, 6.45) is 3.42. The van der Waals surface area contributed by atoms with Crippen molar-refractivity contribution >= 4 is 21.6 Å². The van der Waals surface area contributed by atoms with Gasteiger partial charge in [-0.05, 0) is 37.0 Å². The Bertz CT molecular complexity index is 414. The smallest absolute Gasteiger partial charge is 0.209 e. The molecule has 0 heterocycles. The third kappa shape index (κ3) is 6.10. The first kappa shape index (κ1) is 13.5. The van der Waals surface area contributed by atoms with Gasteiger partial charge < -0.3 is 0 Å². The van der Waals surface area contributed by atoms with Crippen molar-refractivity contribution in [2.45, 2.75) is 25.7 Å². The van der Waals surface area contributed by atoms with Crippen LogP contribution in [0.5, 0.6) is 0 Å². The van der Waals surface area contributed by atoms with Crippen LogP contribution in [0.4, 0.5) is 0 Å². The summed E-state index contributed by atoms with van der Waals surface area (Å²) in [7, 11) is -3.29. The lowest BCUT2D eigenvalue weighted by atomic mass is 10.1. The number of sulfonamides is 1. The molecule has 90 valence electrons. The zero-order valence-corrected chi connectivity index (χ0v) is 10.6. The van der Waals surface area contributed by atoms with Crippen molar-refractivity contribution < 1.29 is 8.42 Å². The van der Waals surface area contributed by atoms with Crippen molar-refractivity contribution in [1.29, 1.82) is 0 Å². The van der Waals surface area contributed by atoms with E-state index in [1.54, 1.807) is 0 Å². The number of unbranched alkanes of at least 4 members (excludes halogenated alkanes) is 2. The second-order valence-corrected chi connectivity index (χ2v) is 5.97. The van der Waals surface area contributed by atoms with Gasteiger partial charge in [0.05, 0.1) is 5.75 Å².